The van der Waals surface area contributed by atoms with Crippen LogP contribution in [0.25, 0.3) is 0 Å². The SMILES string of the molecule is CC[C@@H](C)NC(=O)c1cccc(S(=O)(=O)N(C)c2cccc(C)c2)c1. The highest BCUT2D eigenvalue weighted by molar-refractivity contribution is 7.92. The van der Waals surface area contributed by atoms with Crippen molar-refractivity contribution in [3.05, 3.63) is 59.7 Å². The fourth-order valence-electron chi connectivity index (χ4n) is 2.33. The van der Waals surface area contributed by atoms with Crippen LogP contribution in [0, 0.1) is 6.92 Å². The van der Waals surface area contributed by atoms with Crippen LogP contribution in [0.3, 0.4) is 0 Å². The molecule has 0 heterocycles. The molecule has 2 rings (SSSR count). The molecule has 0 aliphatic rings. The lowest BCUT2D eigenvalue weighted by atomic mass is 10.2. The van der Waals surface area contributed by atoms with E-state index in [0.717, 1.165) is 12.0 Å². The van der Waals surface area contributed by atoms with Gasteiger partial charge in [0.05, 0.1) is 10.6 Å². The van der Waals surface area contributed by atoms with Gasteiger partial charge in [0.2, 0.25) is 0 Å². The number of hydrogen-bond acceptors (Lipinski definition) is 3. The third-order valence-electron chi connectivity index (χ3n) is 4.11. The quantitative estimate of drug-likeness (QED) is 0.859. The Morgan fingerprint density at radius 2 is 1.84 bits per heavy atom. The van der Waals surface area contributed by atoms with Crippen LogP contribution in [0.4, 0.5) is 5.69 Å². The van der Waals surface area contributed by atoms with Crippen LogP contribution in [0.15, 0.2) is 53.4 Å². The van der Waals surface area contributed by atoms with Gasteiger partial charge in [0.15, 0.2) is 0 Å². The second kappa shape index (κ2) is 7.70. The Hall–Kier alpha value is -2.34. The first-order valence-corrected chi connectivity index (χ1v) is 9.66. The Morgan fingerprint density at radius 1 is 1.16 bits per heavy atom. The first kappa shape index (κ1) is 19.0. The number of carbonyl (C=O) groups is 1. The van der Waals surface area contributed by atoms with Crippen molar-refractivity contribution in [3.63, 3.8) is 0 Å². The predicted molar refractivity (Wildman–Crippen MR) is 100 cm³/mol. The number of carbonyl (C=O) groups excluding carboxylic acids is 1. The second-order valence-electron chi connectivity index (χ2n) is 6.12. The zero-order valence-electron chi connectivity index (χ0n) is 15.0. The molecule has 25 heavy (non-hydrogen) atoms. The molecule has 5 nitrogen and oxygen atoms in total. The van der Waals surface area contributed by atoms with Crippen LogP contribution >= 0.6 is 0 Å². The number of aryl methyl sites for hydroxylation is 1. The van der Waals surface area contributed by atoms with Gasteiger partial charge >= 0.3 is 0 Å². The molecule has 1 N–H and O–H groups in total. The van der Waals surface area contributed by atoms with Crippen LogP contribution < -0.4 is 9.62 Å². The van der Waals surface area contributed by atoms with Gasteiger partial charge in [-0.15, -0.1) is 0 Å². The second-order valence-corrected chi connectivity index (χ2v) is 8.09. The summed E-state index contributed by atoms with van der Waals surface area (Å²) in [6, 6.07) is 13.4. The average molecular weight is 360 g/mol. The van der Waals surface area contributed by atoms with Crippen molar-refractivity contribution in [1.82, 2.24) is 5.32 Å². The Morgan fingerprint density at radius 3 is 2.48 bits per heavy atom. The Labute approximate surface area is 149 Å². The number of nitrogens with one attached hydrogen (secondary N) is 1. The van der Waals surface area contributed by atoms with Crippen LogP contribution in [-0.2, 0) is 10.0 Å². The molecule has 0 radical (unpaired) electrons. The van der Waals surface area contributed by atoms with E-state index in [1.165, 1.54) is 23.5 Å². The summed E-state index contributed by atoms with van der Waals surface area (Å²) in [4.78, 5) is 12.3. The molecule has 1 amide bonds. The zero-order chi connectivity index (χ0) is 18.6. The van der Waals surface area contributed by atoms with Crippen molar-refractivity contribution < 1.29 is 13.2 Å². The van der Waals surface area contributed by atoms with Gasteiger partial charge in [0.25, 0.3) is 15.9 Å². The summed E-state index contributed by atoms with van der Waals surface area (Å²) in [5.41, 5.74) is 1.88. The van der Waals surface area contributed by atoms with E-state index in [1.807, 2.05) is 32.9 Å². The van der Waals surface area contributed by atoms with Crippen LogP contribution in [0.5, 0.6) is 0 Å². The number of benzene rings is 2. The van der Waals surface area contributed by atoms with E-state index >= 15 is 0 Å². The molecular weight excluding hydrogens is 336 g/mol. The molecule has 6 heteroatoms. The number of hydrogen-bond donors (Lipinski definition) is 1. The summed E-state index contributed by atoms with van der Waals surface area (Å²) in [7, 11) is -2.24. The average Bonchev–Trinajstić information content (AvgIpc) is 2.60. The van der Waals surface area contributed by atoms with Gasteiger partial charge in [0.1, 0.15) is 0 Å². The van der Waals surface area contributed by atoms with Crippen molar-refractivity contribution in [2.75, 3.05) is 11.4 Å². The van der Waals surface area contributed by atoms with Gasteiger partial charge in [-0.05, 0) is 56.2 Å². The van der Waals surface area contributed by atoms with Gasteiger partial charge in [-0.1, -0.05) is 25.1 Å². The molecule has 1 atom stereocenters. The molecule has 2 aromatic carbocycles. The van der Waals surface area contributed by atoms with Gasteiger partial charge in [-0.2, -0.15) is 0 Å². The third kappa shape index (κ3) is 4.39. The van der Waals surface area contributed by atoms with E-state index in [1.54, 1.807) is 24.3 Å². The maximum atomic E-state index is 12.9. The number of nitrogens with zero attached hydrogens (tertiary/aromatic N) is 1. The van der Waals surface area contributed by atoms with Gasteiger partial charge in [0, 0.05) is 18.7 Å². The summed E-state index contributed by atoms with van der Waals surface area (Å²) in [5.74, 6) is -0.274. The van der Waals surface area contributed by atoms with Crippen molar-refractivity contribution in [2.24, 2.45) is 0 Å². The molecule has 0 aliphatic heterocycles. The lowest BCUT2D eigenvalue weighted by Crippen LogP contribution is -2.32. The van der Waals surface area contributed by atoms with E-state index in [0.29, 0.717) is 11.3 Å². The first-order chi connectivity index (χ1) is 11.8. The number of sulfonamides is 1. The van der Waals surface area contributed by atoms with Crippen molar-refractivity contribution >= 4 is 21.6 Å². The summed E-state index contributed by atoms with van der Waals surface area (Å²) in [5, 5.41) is 2.85. The summed E-state index contributed by atoms with van der Waals surface area (Å²) in [6.07, 6.45) is 0.805. The zero-order valence-corrected chi connectivity index (χ0v) is 15.8. The molecule has 0 fully saturated rings. The summed E-state index contributed by atoms with van der Waals surface area (Å²) in [6.45, 7) is 5.79. The largest absolute Gasteiger partial charge is 0.350 e. The highest BCUT2D eigenvalue weighted by Crippen LogP contribution is 2.23. The minimum Gasteiger partial charge on any atom is -0.350 e. The minimum absolute atomic E-state index is 0.0303. The van der Waals surface area contributed by atoms with Gasteiger partial charge < -0.3 is 5.32 Å². The number of rotatable bonds is 6. The standard InChI is InChI=1S/C19H24N2O3S/c1-5-15(3)20-19(22)16-9-7-11-18(13-16)25(23,24)21(4)17-10-6-8-14(2)12-17/h6-13,15H,5H2,1-4H3,(H,20,22)/t15-/m1/s1. The molecule has 0 spiro atoms. The van der Waals surface area contributed by atoms with Crippen LogP contribution in [-0.4, -0.2) is 27.4 Å². The van der Waals surface area contributed by atoms with Crippen LogP contribution in [0.2, 0.25) is 0 Å². The highest BCUT2D eigenvalue weighted by atomic mass is 32.2. The van der Waals surface area contributed by atoms with E-state index in [9.17, 15) is 13.2 Å². The molecule has 0 unspecified atom stereocenters. The smallest absolute Gasteiger partial charge is 0.264 e. The summed E-state index contributed by atoms with van der Waals surface area (Å²) >= 11 is 0. The number of anilines is 1. The van der Waals surface area contributed by atoms with Crippen LogP contribution in [0.1, 0.15) is 36.2 Å². The van der Waals surface area contributed by atoms with Gasteiger partial charge in [-0.25, -0.2) is 8.42 Å². The van der Waals surface area contributed by atoms with E-state index in [2.05, 4.69) is 5.32 Å². The van der Waals surface area contributed by atoms with Crippen molar-refractivity contribution in [1.29, 1.82) is 0 Å². The lowest BCUT2D eigenvalue weighted by molar-refractivity contribution is 0.0939. The Balaban J connectivity index is 2.34. The molecular formula is C19H24N2O3S. The fraction of sp³-hybridized carbons (Fsp3) is 0.316. The maximum Gasteiger partial charge on any atom is 0.264 e. The molecule has 2 aromatic rings. The highest BCUT2D eigenvalue weighted by Gasteiger charge is 2.22. The minimum atomic E-state index is -3.75. The molecule has 0 bridgehead atoms. The lowest BCUT2D eigenvalue weighted by Gasteiger charge is -2.20. The molecule has 0 saturated carbocycles. The molecule has 134 valence electrons. The van der Waals surface area contributed by atoms with E-state index < -0.39 is 10.0 Å². The fourth-order valence-corrected chi connectivity index (χ4v) is 3.56. The molecule has 0 aliphatic carbocycles. The predicted octanol–water partition coefficient (Wildman–Crippen LogP) is 3.35. The molecule has 0 saturated heterocycles. The van der Waals surface area contributed by atoms with E-state index in [-0.39, 0.29) is 16.8 Å². The molecule has 0 aromatic heterocycles. The Bertz CT molecular complexity index is 862. The van der Waals surface area contributed by atoms with Crippen molar-refractivity contribution in [3.8, 4) is 0 Å². The summed E-state index contributed by atoms with van der Waals surface area (Å²) < 4.78 is 27.0. The topological polar surface area (TPSA) is 66.5 Å². The third-order valence-corrected chi connectivity index (χ3v) is 5.89. The van der Waals surface area contributed by atoms with Gasteiger partial charge in [-0.3, -0.25) is 9.10 Å². The van der Waals surface area contributed by atoms with E-state index in [4.69, 9.17) is 0 Å². The maximum absolute atomic E-state index is 12.9. The number of amides is 1. The Kier molecular flexibility index (Phi) is 5.85. The normalized spacial score (nSPS) is 12.5. The monoisotopic (exact) mass is 360 g/mol. The van der Waals surface area contributed by atoms with Crippen molar-refractivity contribution in [2.45, 2.75) is 38.1 Å². The first-order valence-electron chi connectivity index (χ1n) is 8.22.